The largest absolute Gasteiger partial charge is 0.381 e. The van der Waals surface area contributed by atoms with Crippen molar-refractivity contribution in [3.63, 3.8) is 0 Å². The van der Waals surface area contributed by atoms with Crippen molar-refractivity contribution < 1.29 is 4.46 Å². The Morgan fingerprint density at radius 2 is 2.00 bits per heavy atom. The summed E-state index contributed by atoms with van der Waals surface area (Å²) in [4.78, 5) is 0. The van der Waals surface area contributed by atoms with E-state index in [1.165, 1.54) is 0 Å². The fourth-order valence-corrected chi connectivity index (χ4v) is 3.18. The molecule has 1 atom stereocenters. The first kappa shape index (κ1) is 11.6. The van der Waals surface area contributed by atoms with Gasteiger partial charge in [0.05, 0.1) is 5.00 Å². The number of hydrogen-bond acceptors (Lipinski definition) is 1. The molecule has 0 fully saturated rings. The second-order valence-corrected chi connectivity index (χ2v) is 6.24. The van der Waals surface area contributed by atoms with Gasteiger partial charge in [-0.3, -0.25) is 0 Å². The zero-order valence-corrected chi connectivity index (χ0v) is 10.1. The van der Waals surface area contributed by atoms with Crippen molar-refractivity contribution >= 4 is 25.5 Å². The predicted octanol–water partition coefficient (Wildman–Crippen LogP) is 2.65. The molecule has 0 aliphatic carbocycles. The van der Waals surface area contributed by atoms with Crippen LogP contribution < -0.4 is 5.19 Å². The molecule has 0 aliphatic rings. The molecule has 0 bridgehead atoms. The van der Waals surface area contributed by atoms with Crippen molar-refractivity contribution in [2.24, 2.45) is 0 Å². The second-order valence-electron chi connectivity index (χ2n) is 3.34. The molecule has 1 rings (SSSR count). The number of halogens is 1. The van der Waals surface area contributed by atoms with Crippen LogP contribution in [0.4, 0.5) is 0 Å². The summed E-state index contributed by atoms with van der Waals surface area (Å²) in [5, 5.41) is 0.718. The highest BCUT2D eigenvalue weighted by Gasteiger charge is 2.18. The van der Waals surface area contributed by atoms with Gasteiger partial charge in [0.1, 0.15) is 0 Å². The summed E-state index contributed by atoms with van der Waals surface area (Å²) in [6.45, 7) is 2.11. The van der Waals surface area contributed by atoms with Crippen molar-refractivity contribution in [3.8, 4) is 0 Å². The van der Waals surface area contributed by atoms with Crippen molar-refractivity contribution in [1.82, 2.24) is 0 Å². The van der Waals surface area contributed by atoms with Gasteiger partial charge in [0, 0.05) is 0 Å². The SMILES string of the molecule is CCCCC(Cl)[Si](=O)c1ccccc1. The maximum Gasteiger partial charge on any atom is 0.330 e. The van der Waals surface area contributed by atoms with E-state index in [1.807, 2.05) is 30.3 Å². The zero-order valence-electron chi connectivity index (χ0n) is 8.37. The molecule has 14 heavy (non-hydrogen) atoms. The third-order valence-electron chi connectivity index (χ3n) is 2.15. The second kappa shape index (κ2) is 6.09. The van der Waals surface area contributed by atoms with E-state index in [2.05, 4.69) is 6.92 Å². The summed E-state index contributed by atoms with van der Waals surface area (Å²) in [6.07, 6.45) is 3.01. The predicted molar refractivity (Wildman–Crippen MR) is 61.7 cm³/mol. The highest BCUT2D eigenvalue weighted by Crippen LogP contribution is 2.07. The molecule has 3 heteroatoms. The van der Waals surface area contributed by atoms with E-state index in [1.54, 1.807) is 0 Å². The Labute approximate surface area is 91.8 Å². The molecule has 0 N–H and O–H groups in total. The topological polar surface area (TPSA) is 17.1 Å². The molecule has 76 valence electrons. The van der Waals surface area contributed by atoms with Crippen LogP contribution in [0.1, 0.15) is 26.2 Å². The molecule has 1 aromatic carbocycles. The minimum Gasteiger partial charge on any atom is -0.381 e. The van der Waals surface area contributed by atoms with Gasteiger partial charge in [0.25, 0.3) is 0 Å². The van der Waals surface area contributed by atoms with Crippen LogP contribution in [0.3, 0.4) is 0 Å². The normalized spacial score (nSPS) is 12.4. The first-order valence-electron chi connectivity index (χ1n) is 4.99. The van der Waals surface area contributed by atoms with E-state index >= 15 is 0 Å². The minimum atomic E-state index is -1.80. The third-order valence-corrected chi connectivity index (χ3v) is 4.73. The quantitative estimate of drug-likeness (QED) is 0.557. The Balaban J connectivity index is 2.57. The lowest BCUT2D eigenvalue weighted by Gasteiger charge is -2.05. The Kier molecular flexibility index (Phi) is 5.05. The van der Waals surface area contributed by atoms with Gasteiger partial charge >= 0.3 is 8.68 Å². The lowest BCUT2D eigenvalue weighted by atomic mass is 10.3. The van der Waals surface area contributed by atoms with E-state index < -0.39 is 8.68 Å². The number of unbranched alkanes of at least 4 members (excludes halogenated alkanes) is 1. The molecule has 0 saturated heterocycles. The lowest BCUT2D eigenvalue weighted by molar-refractivity contribution is 0.560. The van der Waals surface area contributed by atoms with Crippen LogP contribution in [0.25, 0.3) is 0 Å². The molecule has 1 unspecified atom stereocenters. The summed E-state index contributed by atoms with van der Waals surface area (Å²) in [5.74, 6) is 0. The van der Waals surface area contributed by atoms with Crippen molar-refractivity contribution in [2.45, 2.75) is 31.2 Å². The molecule has 1 nitrogen and oxygen atoms in total. The first-order valence-corrected chi connectivity index (χ1v) is 6.91. The van der Waals surface area contributed by atoms with Crippen LogP contribution in [0.15, 0.2) is 30.3 Å². The Hall–Kier alpha value is -0.473. The third kappa shape index (κ3) is 3.35. The first-order chi connectivity index (χ1) is 6.75. The van der Waals surface area contributed by atoms with Crippen LogP contribution in [0.5, 0.6) is 0 Å². The number of benzene rings is 1. The molecule has 0 aliphatic heterocycles. The van der Waals surface area contributed by atoms with Crippen LogP contribution in [-0.2, 0) is 4.46 Å². The van der Waals surface area contributed by atoms with E-state index in [0.717, 1.165) is 24.4 Å². The summed E-state index contributed by atoms with van der Waals surface area (Å²) in [5.41, 5.74) is 0. The Morgan fingerprint density at radius 1 is 1.36 bits per heavy atom. The highest BCUT2D eigenvalue weighted by molar-refractivity contribution is 6.69. The van der Waals surface area contributed by atoms with E-state index in [9.17, 15) is 4.46 Å². The maximum absolute atomic E-state index is 11.9. The molecule has 0 heterocycles. The fraction of sp³-hybridized carbons (Fsp3) is 0.455. The monoisotopic (exact) mass is 226 g/mol. The fourth-order valence-electron chi connectivity index (χ4n) is 1.30. The molecule has 0 radical (unpaired) electrons. The Bertz CT molecular complexity index is 287. The van der Waals surface area contributed by atoms with Gasteiger partial charge in [0.2, 0.25) is 0 Å². The molecular formula is C11H15ClOSi. The van der Waals surface area contributed by atoms with Gasteiger partial charge in [-0.25, -0.2) is 0 Å². The summed E-state index contributed by atoms with van der Waals surface area (Å²) in [6, 6.07) is 9.52. The van der Waals surface area contributed by atoms with Crippen LogP contribution in [-0.4, -0.2) is 13.7 Å². The van der Waals surface area contributed by atoms with E-state index in [4.69, 9.17) is 11.6 Å². The molecule has 0 amide bonds. The molecule has 1 aromatic rings. The molecule has 0 spiro atoms. The average Bonchev–Trinajstić information content (AvgIpc) is 2.26. The van der Waals surface area contributed by atoms with Gasteiger partial charge in [-0.15, -0.1) is 11.6 Å². The van der Waals surface area contributed by atoms with Crippen molar-refractivity contribution in [3.05, 3.63) is 30.3 Å². The average molecular weight is 227 g/mol. The summed E-state index contributed by atoms with van der Waals surface area (Å²) < 4.78 is 11.9. The summed E-state index contributed by atoms with van der Waals surface area (Å²) >= 11 is 6.08. The van der Waals surface area contributed by atoms with Gasteiger partial charge in [-0.1, -0.05) is 50.1 Å². The van der Waals surface area contributed by atoms with Crippen molar-refractivity contribution in [2.75, 3.05) is 0 Å². The Morgan fingerprint density at radius 3 is 2.57 bits per heavy atom. The molecular weight excluding hydrogens is 212 g/mol. The smallest absolute Gasteiger partial charge is 0.330 e. The van der Waals surface area contributed by atoms with Gasteiger partial charge in [-0.2, -0.15) is 0 Å². The molecule has 0 saturated carbocycles. The number of hydrogen-bond donors (Lipinski definition) is 0. The highest BCUT2D eigenvalue weighted by atomic mass is 35.5. The van der Waals surface area contributed by atoms with Crippen LogP contribution >= 0.6 is 11.6 Å². The van der Waals surface area contributed by atoms with Crippen molar-refractivity contribution in [1.29, 1.82) is 0 Å². The van der Waals surface area contributed by atoms with Gasteiger partial charge in [0.15, 0.2) is 0 Å². The van der Waals surface area contributed by atoms with Gasteiger partial charge in [-0.05, 0) is 11.6 Å². The lowest BCUT2D eigenvalue weighted by Crippen LogP contribution is -2.30. The van der Waals surface area contributed by atoms with Gasteiger partial charge < -0.3 is 4.46 Å². The van der Waals surface area contributed by atoms with Crippen LogP contribution in [0.2, 0.25) is 0 Å². The zero-order chi connectivity index (χ0) is 10.4. The standard InChI is InChI=1S/C11H15ClOSi/c1-2-3-9-11(12)14(13)10-7-5-4-6-8-10/h4-8,11H,2-3,9H2,1H3. The van der Waals surface area contributed by atoms with Crippen LogP contribution in [0, 0.1) is 0 Å². The maximum atomic E-state index is 11.9. The van der Waals surface area contributed by atoms with E-state index in [-0.39, 0.29) is 5.00 Å². The number of alkyl halides is 1. The molecule has 0 aromatic heterocycles. The summed E-state index contributed by atoms with van der Waals surface area (Å²) in [7, 11) is -1.80. The van der Waals surface area contributed by atoms with E-state index in [0.29, 0.717) is 0 Å². The number of rotatable bonds is 5. The minimum absolute atomic E-state index is 0.178.